The Balaban J connectivity index is 1.67. The van der Waals surface area contributed by atoms with Gasteiger partial charge in [0.15, 0.2) is 5.13 Å². The van der Waals surface area contributed by atoms with Crippen LogP contribution < -0.4 is 15.0 Å². The number of hydrogen-bond acceptors (Lipinski definition) is 6. The zero-order chi connectivity index (χ0) is 18.8. The molecule has 0 spiro atoms. The number of thiazole rings is 1. The van der Waals surface area contributed by atoms with Gasteiger partial charge >= 0.3 is 0 Å². The van der Waals surface area contributed by atoms with Crippen molar-refractivity contribution in [2.75, 3.05) is 43.6 Å². The first-order chi connectivity index (χ1) is 13.2. The van der Waals surface area contributed by atoms with Gasteiger partial charge in [0.2, 0.25) is 0 Å². The Morgan fingerprint density at radius 2 is 1.96 bits per heavy atom. The van der Waals surface area contributed by atoms with Crippen molar-refractivity contribution in [2.45, 2.75) is 0 Å². The van der Waals surface area contributed by atoms with Crippen molar-refractivity contribution in [3.63, 3.8) is 0 Å². The summed E-state index contributed by atoms with van der Waals surface area (Å²) in [6, 6.07) is 9.30. The van der Waals surface area contributed by atoms with E-state index in [1.807, 2.05) is 12.1 Å². The number of halogens is 1. The lowest BCUT2D eigenvalue weighted by Crippen LogP contribution is -2.36. The second kappa shape index (κ2) is 7.50. The van der Waals surface area contributed by atoms with Crippen molar-refractivity contribution >= 4 is 38.3 Å². The number of fused-ring (bicyclic) bond motifs is 1. The van der Waals surface area contributed by atoms with E-state index in [9.17, 15) is 9.18 Å². The third-order valence-electron chi connectivity index (χ3n) is 4.38. The minimum absolute atomic E-state index is 0.332. The number of benzene rings is 2. The van der Waals surface area contributed by atoms with Crippen LogP contribution in [-0.4, -0.2) is 44.3 Å². The van der Waals surface area contributed by atoms with E-state index < -0.39 is 0 Å². The molecule has 8 heteroatoms. The van der Waals surface area contributed by atoms with Gasteiger partial charge in [-0.2, -0.15) is 0 Å². The van der Waals surface area contributed by atoms with Crippen molar-refractivity contribution in [1.29, 1.82) is 0 Å². The van der Waals surface area contributed by atoms with Gasteiger partial charge < -0.3 is 14.4 Å². The molecule has 0 saturated carbocycles. The molecule has 27 heavy (non-hydrogen) atoms. The highest BCUT2D eigenvalue weighted by Gasteiger charge is 2.20. The molecule has 0 atom stereocenters. The number of carbonyl (C=O) groups excluding carboxylic acids is 1. The number of ether oxygens (including phenoxy) is 2. The Hall–Kier alpha value is -2.71. The Kier molecular flexibility index (Phi) is 4.91. The second-order valence-electron chi connectivity index (χ2n) is 6.04. The van der Waals surface area contributed by atoms with E-state index in [4.69, 9.17) is 9.47 Å². The van der Waals surface area contributed by atoms with Crippen LogP contribution in [0.25, 0.3) is 10.2 Å². The monoisotopic (exact) mass is 387 g/mol. The van der Waals surface area contributed by atoms with Gasteiger partial charge in [0, 0.05) is 18.7 Å². The molecule has 1 aliphatic rings. The molecule has 3 aromatic rings. The van der Waals surface area contributed by atoms with Crippen LogP contribution in [0.5, 0.6) is 5.75 Å². The van der Waals surface area contributed by atoms with E-state index in [-0.39, 0.29) is 11.7 Å². The smallest absolute Gasteiger partial charge is 0.257 e. The SMILES string of the molecule is COc1ccc(N2CCOCC2)c2sc(NC(=O)c3ccc(F)cc3)nc12. The van der Waals surface area contributed by atoms with Gasteiger partial charge in [-0.3, -0.25) is 10.1 Å². The Labute approximate surface area is 159 Å². The highest BCUT2D eigenvalue weighted by atomic mass is 32.1. The molecule has 1 amide bonds. The average molecular weight is 387 g/mol. The zero-order valence-corrected chi connectivity index (χ0v) is 15.5. The fourth-order valence-electron chi connectivity index (χ4n) is 3.01. The Bertz CT molecular complexity index is 968. The van der Waals surface area contributed by atoms with Gasteiger partial charge in [0.1, 0.15) is 17.1 Å². The number of nitrogens with zero attached hydrogens (tertiary/aromatic N) is 2. The van der Waals surface area contributed by atoms with Crippen molar-refractivity contribution < 1.29 is 18.7 Å². The quantitative estimate of drug-likeness (QED) is 0.742. The van der Waals surface area contributed by atoms with Crippen LogP contribution in [0.3, 0.4) is 0 Å². The minimum atomic E-state index is -0.383. The molecule has 140 valence electrons. The van der Waals surface area contributed by atoms with E-state index in [0.29, 0.717) is 35.2 Å². The minimum Gasteiger partial charge on any atom is -0.494 e. The highest BCUT2D eigenvalue weighted by Crippen LogP contribution is 2.39. The van der Waals surface area contributed by atoms with Crippen molar-refractivity contribution in [1.82, 2.24) is 4.98 Å². The lowest BCUT2D eigenvalue weighted by atomic mass is 10.2. The number of amides is 1. The van der Waals surface area contributed by atoms with E-state index in [1.54, 1.807) is 7.11 Å². The molecule has 1 N–H and O–H groups in total. The molecule has 1 aliphatic heterocycles. The summed E-state index contributed by atoms with van der Waals surface area (Å²) in [4.78, 5) is 19.2. The summed E-state index contributed by atoms with van der Waals surface area (Å²) in [5.41, 5.74) is 2.13. The highest BCUT2D eigenvalue weighted by molar-refractivity contribution is 7.23. The third-order valence-corrected chi connectivity index (χ3v) is 5.38. The number of anilines is 2. The number of nitrogens with one attached hydrogen (secondary N) is 1. The maximum absolute atomic E-state index is 13.1. The summed E-state index contributed by atoms with van der Waals surface area (Å²) >= 11 is 1.39. The largest absolute Gasteiger partial charge is 0.494 e. The van der Waals surface area contributed by atoms with E-state index >= 15 is 0 Å². The lowest BCUT2D eigenvalue weighted by Gasteiger charge is -2.29. The summed E-state index contributed by atoms with van der Waals surface area (Å²) < 4.78 is 24.9. The average Bonchev–Trinajstić information content (AvgIpc) is 3.11. The zero-order valence-electron chi connectivity index (χ0n) is 14.7. The molecular formula is C19H18FN3O3S. The third kappa shape index (κ3) is 3.58. The molecule has 0 radical (unpaired) electrons. The van der Waals surface area contributed by atoms with Crippen LogP contribution in [0.2, 0.25) is 0 Å². The van der Waals surface area contributed by atoms with E-state index in [0.717, 1.165) is 23.5 Å². The molecule has 0 aliphatic carbocycles. The summed E-state index contributed by atoms with van der Waals surface area (Å²) in [7, 11) is 1.60. The first-order valence-electron chi connectivity index (χ1n) is 8.53. The molecule has 1 aromatic heterocycles. The predicted molar refractivity (Wildman–Crippen MR) is 104 cm³/mol. The first kappa shape index (κ1) is 17.7. The molecule has 0 unspecified atom stereocenters. The number of morpholine rings is 1. The maximum Gasteiger partial charge on any atom is 0.257 e. The van der Waals surface area contributed by atoms with Crippen molar-refractivity contribution in [3.8, 4) is 5.75 Å². The molecule has 4 rings (SSSR count). The molecule has 1 saturated heterocycles. The molecule has 2 heterocycles. The lowest BCUT2D eigenvalue weighted by molar-refractivity contribution is 0.102. The fourth-order valence-corrected chi connectivity index (χ4v) is 4.03. The van der Waals surface area contributed by atoms with Crippen LogP contribution in [0, 0.1) is 5.82 Å². The predicted octanol–water partition coefficient (Wildman–Crippen LogP) is 3.53. The summed E-state index contributed by atoms with van der Waals surface area (Å²) in [6.45, 7) is 2.97. The first-order valence-corrected chi connectivity index (χ1v) is 9.34. The molecular weight excluding hydrogens is 369 g/mol. The summed E-state index contributed by atoms with van der Waals surface area (Å²) in [5.74, 6) is -0.0621. The molecule has 2 aromatic carbocycles. The normalized spacial score (nSPS) is 14.4. The van der Waals surface area contributed by atoms with Gasteiger partial charge in [-0.05, 0) is 36.4 Å². The molecule has 6 nitrogen and oxygen atoms in total. The van der Waals surface area contributed by atoms with Crippen molar-refractivity contribution in [3.05, 3.63) is 47.8 Å². The number of hydrogen-bond donors (Lipinski definition) is 1. The van der Waals surface area contributed by atoms with E-state index in [1.165, 1.54) is 35.6 Å². The number of carbonyl (C=O) groups is 1. The van der Waals surface area contributed by atoms with Crippen molar-refractivity contribution in [2.24, 2.45) is 0 Å². The fraction of sp³-hybridized carbons (Fsp3) is 0.263. The standard InChI is InChI=1S/C19H18FN3O3S/c1-25-15-7-6-14(23-8-10-26-11-9-23)17-16(15)21-19(27-17)22-18(24)12-2-4-13(20)5-3-12/h2-7H,8-11H2,1H3,(H,21,22,24). The number of rotatable bonds is 4. The molecule has 0 bridgehead atoms. The van der Waals surface area contributed by atoms with Crippen LogP contribution in [0.15, 0.2) is 36.4 Å². The van der Waals surface area contributed by atoms with Gasteiger partial charge in [-0.15, -0.1) is 0 Å². The number of aromatic nitrogens is 1. The maximum atomic E-state index is 13.1. The van der Waals surface area contributed by atoms with Crippen LogP contribution in [0.1, 0.15) is 10.4 Å². The van der Waals surface area contributed by atoms with E-state index in [2.05, 4.69) is 15.2 Å². The Morgan fingerprint density at radius 1 is 1.22 bits per heavy atom. The van der Waals surface area contributed by atoms with Gasteiger partial charge in [-0.1, -0.05) is 11.3 Å². The Morgan fingerprint density at radius 3 is 2.67 bits per heavy atom. The van der Waals surface area contributed by atoms with Gasteiger partial charge in [-0.25, -0.2) is 9.37 Å². The van der Waals surface area contributed by atoms with Crippen LogP contribution >= 0.6 is 11.3 Å². The van der Waals surface area contributed by atoms with Crippen LogP contribution in [-0.2, 0) is 4.74 Å². The number of methoxy groups -OCH3 is 1. The summed E-state index contributed by atoms with van der Waals surface area (Å²) in [5, 5.41) is 3.27. The molecule has 1 fully saturated rings. The van der Waals surface area contributed by atoms with Gasteiger partial charge in [0.05, 0.1) is 30.7 Å². The topological polar surface area (TPSA) is 63.7 Å². The van der Waals surface area contributed by atoms with Crippen LogP contribution in [0.4, 0.5) is 15.2 Å². The second-order valence-corrected chi connectivity index (χ2v) is 7.04. The summed E-state index contributed by atoms with van der Waals surface area (Å²) in [6.07, 6.45) is 0. The van der Waals surface area contributed by atoms with Gasteiger partial charge in [0.25, 0.3) is 5.91 Å².